The van der Waals surface area contributed by atoms with Crippen LogP contribution in [0.3, 0.4) is 0 Å². The quantitative estimate of drug-likeness (QED) is 0.878. The number of amides is 1. The number of rotatable bonds is 4. The molecule has 2 rings (SSSR count). The van der Waals surface area contributed by atoms with Crippen LogP contribution in [-0.2, 0) is 0 Å². The molecule has 1 aromatic carbocycles. The predicted molar refractivity (Wildman–Crippen MR) is 78.4 cm³/mol. The Morgan fingerprint density at radius 2 is 1.94 bits per heavy atom. The molecule has 1 aliphatic heterocycles. The molecule has 0 atom stereocenters. The Morgan fingerprint density at radius 1 is 1.28 bits per heavy atom. The summed E-state index contributed by atoms with van der Waals surface area (Å²) in [7, 11) is 1.87. The zero-order valence-corrected chi connectivity index (χ0v) is 11.6. The smallest absolute Gasteiger partial charge is 0.251 e. The fraction of sp³-hybridized carbons (Fsp3) is 0.500. The summed E-state index contributed by atoms with van der Waals surface area (Å²) in [6.45, 7) is 0.813. The van der Waals surface area contributed by atoms with Gasteiger partial charge >= 0.3 is 0 Å². The molecule has 0 radical (unpaired) electrons. The standard InChI is InChI=1S/C14H20N2OS/c1-15-13-4-2-12(3-5-13)14(17)16-10-11-6-8-18-9-7-11/h2-5,11,15H,6-10H2,1H3,(H,16,17). The molecule has 4 heteroatoms. The van der Waals surface area contributed by atoms with Gasteiger partial charge in [0.1, 0.15) is 0 Å². The highest BCUT2D eigenvalue weighted by Gasteiger charge is 2.14. The first kappa shape index (κ1) is 13.3. The molecule has 1 aromatic rings. The van der Waals surface area contributed by atoms with Crippen LogP contribution in [0.15, 0.2) is 24.3 Å². The number of hydrogen-bond donors (Lipinski definition) is 2. The summed E-state index contributed by atoms with van der Waals surface area (Å²) in [6, 6.07) is 7.56. The molecule has 0 spiro atoms. The maximum absolute atomic E-state index is 12.0. The van der Waals surface area contributed by atoms with Crippen molar-refractivity contribution in [3.8, 4) is 0 Å². The first-order chi connectivity index (χ1) is 8.79. The van der Waals surface area contributed by atoms with Gasteiger partial charge < -0.3 is 10.6 Å². The molecule has 0 aromatic heterocycles. The van der Waals surface area contributed by atoms with E-state index in [2.05, 4.69) is 10.6 Å². The van der Waals surface area contributed by atoms with E-state index in [0.717, 1.165) is 17.8 Å². The van der Waals surface area contributed by atoms with Crippen LogP contribution in [0.4, 0.5) is 5.69 Å². The number of carbonyl (C=O) groups excluding carboxylic acids is 1. The van der Waals surface area contributed by atoms with Crippen molar-refractivity contribution in [2.24, 2.45) is 5.92 Å². The Kier molecular flexibility index (Phi) is 4.93. The lowest BCUT2D eigenvalue weighted by molar-refractivity contribution is 0.0946. The van der Waals surface area contributed by atoms with Crippen LogP contribution in [0, 0.1) is 5.92 Å². The summed E-state index contributed by atoms with van der Waals surface area (Å²) >= 11 is 2.01. The second-order valence-electron chi connectivity index (χ2n) is 4.59. The van der Waals surface area contributed by atoms with Gasteiger partial charge in [0.2, 0.25) is 0 Å². The van der Waals surface area contributed by atoms with E-state index in [0.29, 0.717) is 5.92 Å². The molecule has 0 saturated carbocycles. The van der Waals surface area contributed by atoms with Crippen LogP contribution in [-0.4, -0.2) is 31.0 Å². The fourth-order valence-corrected chi connectivity index (χ4v) is 3.28. The Morgan fingerprint density at radius 3 is 2.56 bits per heavy atom. The van der Waals surface area contributed by atoms with Gasteiger partial charge in [-0.2, -0.15) is 11.8 Å². The van der Waals surface area contributed by atoms with E-state index in [-0.39, 0.29) is 5.91 Å². The monoisotopic (exact) mass is 264 g/mol. The number of thioether (sulfide) groups is 1. The average Bonchev–Trinajstić information content (AvgIpc) is 2.46. The second kappa shape index (κ2) is 6.69. The van der Waals surface area contributed by atoms with Crippen molar-refractivity contribution < 1.29 is 4.79 Å². The van der Waals surface area contributed by atoms with Crippen LogP contribution in [0.1, 0.15) is 23.2 Å². The number of nitrogens with one attached hydrogen (secondary N) is 2. The molecular weight excluding hydrogens is 244 g/mol. The molecule has 0 unspecified atom stereocenters. The molecule has 2 N–H and O–H groups in total. The van der Waals surface area contributed by atoms with E-state index < -0.39 is 0 Å². The molecule has 1 saturated heterocycles. The Hall–Kier alpha value is -1.16. The molecule has 98 valence electrons. The van der Waals surface area contributed by atoms with E-state index in [1.165, 1.54) is 24.3 Å². The lowest BCUT2D eigenvalue weighted by Crippen LogP contribution is -2.30. The highest BCUT2D eigenvalue weighted by atomic mass is 32.2. The number of benzene rings is 1. The highest BCUT2D eigenvalue weighted by molar-refractivity contribution is 7.99. The van der Waals surface area contributed by atoms with Gasteiger partial charge in [-0.15, -0.1) is 0 Å². The molecule has 1 heterocycles. The Bertz CT molecular complexity index is 385. The van der Waals surface area contributed by atoms with E-state index in [9.17, 15) is 4.79 Å². The summed E-state index contributed by atoms with van der Waals surface area (Å²) in [5.74, 6) is 3.16. The first-order valence-electron chi connectivity index (χ1n) is 6.43. The van der Waals surface area contributed by atoms with Crippen molar-refractivity contribution in [1.29, 1.82) is 0 Å². The number of anilines is 1. The third-order valence-corrected chi connectivity index (χ3v) is 4.38. The van der Waals surface area contributed by atoms with E-state index >= 15 is 0 Å². The van der Waals surface area contributed by atoms with Gasteiger partial charge in [-0.05, 0) is 54.5 Å². The highest BCUT2D eigenvalue weighted by Crippen LogP contribution is 2.21. The first-order valence-corrected chi connectivity index (χ1v) is 7.59. The van der Waals surface area contributed by atoms with Crippen LogP contribution in [0.5, 0.6) is 0 Å². The van der Waals surface area contributed by atoms with Gasteiger partial charge in [0.25, 0.3) is 5.91 Å². The van der Waals surface area contributed by atoms with Crippen molar-refractivity contribution in [1.82, 2.24) is 5.32 Å². The van der Waals surface area contributed by atoms with Gasteiger partial charge in [-0.3, -0.25) is 4.79 Å². The zero-order valence-electron chi connectivity index (χ0n) is 10.7. The van der Waals surface area contributed by atoms with E-state index in [4.69, 9.17) is 0 Å². The van der Waals surface area contributed by atoms with Crippen LogP contribution in [0.2, 0.25) is 0 Å². The van der Waals surface area contributed by atoms with E-state index in [1.54, 1.807) is 0 Å². The van der Waals surface area contributed by atoms with Crippen molar-refractivity contribution in [2.45, 2.75) is 12.8 Å². The Labute approximate surface area is 113 Å². The van der Waals surface area contributed by atoms with Crippen LogP contribution in [0.25, 0.3) is 0 Å². The molecule has 1 fully saturated rings. The van der Waals surface area contributed by atoms with Gasteiger partial charge in [-0.25, -0.2) is 0 Å². The van der Waals surface area contributed by atoms with Crippen molar-refractivity contribution in [2.75, 3.05) is 30.4 Å². The number of hydrogen-bond acceptors (Lipinski definition) is 3. The molecular formula is C14H20N2OS. The largest absolute Gasteiger partial charge is 0.388 e. The summed E-state index contributed by atoms with van der Waals surface area (Å²) in [4.78, 5) is 12.0. The topological polar surface area (TPSA) is 41.1 Å². The maximum atomic E-state index is 12.0. The molecule has 1 amide bonds. The fourth-order valence-electron chi connectivity index (χ4n) is 2.08. The molecule has 3 nitrogen and oxygen atoms in total. The molecule has 0 aliphatic carbocycles. The van der Waals surface area contributed by atoms with Gasteiger partial charge in [-0.1, -0.05) is 0 Å². The predicted octanol–water partition coefficient (Wildman–Crippen LogP) is 2.60. The maximum Gasteiger partial charge on any atom is 0.251 e. The van der Waals surface area contributed by atoms with E-state index in [1.807, 2.05) is 43.1 Å². The van der Waals surface area contributed by atoms with Crippen molar-refractivity contribution in [3.63, 3.8) is 0 Å². The summed E-state index contributed by atoms with van der Waals surface area (Å²) in [5, 5.41) is 6.08. The minimum absolute atomic E-state index is 0.0379. The summed E-state index contributed by atoms with van der Waals surface area (Å²) in [6.07, 6.45) is 2.45. The normalized spacial score (nSPS) is 16.3. The zero-order chi connectivity index (χ0) is 12.8. The Balaban J connectivity index is 1.82. The second-order valence-corrected chi connectivity index (χ2v) is 5.82. The average molecular weight is 264 g/mol. The van der Waals surface area contributed by atoms with Gasteiger partial charge in [0.05, 0.1) is 0 Å². The third-order valence-electron chi connectivity index (χ3n) is 3.33. The van der Waals surface area contributed by atoms with Gasteiger partial charge in [0.15, 0.2) is 0 Å². The number of carbonyl (C=O) groups is 1. The van der Waals surface area contributed by atoms with Crippen LogP contribution >= 0.6 is 11.8 Å². The minimum Gasteiger partial charge on any atom is -0.388 e. The minimum atomic E-state index is 0.0379. The molecule has 0 bridgehead atoms. The van der Waals surface area contributed by atoms with Crippen LogP contribution < -0.4 is 10.6 Å². The summed E-state index contributed by atoms with van der Waals surface area (Å²) < 4.78 is 0. The summed E-state index contributed by atoms with van der Waals surface area (Å²) in [5.41, 5.74) is 1.76. The molecule has 18 heavy (non-hydrogen) atoms. The SMILES string of the molecule is CNc1ccc(C(=O)NCC2CCSCC2)cc1. The van der Waals surface area contributed by atoms with Gasteiger partial charge in [0, 0.05) is 24.8 Å². The van der Waals surface area contributed by atoms with Crippen molar-refractivity contribution in [3.05, 3.63) is 29.8 Å². The molecule has 1 aliphatic rings. The lowest BCUT2D eigenvalue weighted by Gasteiger charge is -2.21. The lowest BCUT2D eigenvalue weighted by atomic mass is 10.0. The van der Waals surface area contributed by atoms with Crippen molar-refractivity contribution >= 4 is 23.4 Å². The third kappa shape index (κ3) is 3.67.